The average Bonchev–Trinajstić information content (AvgIpc) is 3.22. The smallest absolute Gasteiger partial charge is 0.258 e. The summed E-state index contributed by atoms with van der Waals surface area (Å²) in [5.41, 5.74) is 3.89. The molecule has 4 aromatic rings. The zero-order valence-corrected chi connectivity index (χ0v) is 12.1. The minimum Gasteiger partial charge on any atom is -0.334 e. The van der Waals surface area contributed by atoms with Gasteiger partial charge in [-0.2, -0.15) is 4.98 Å². The maximum atomic E-state index is 5.37. The van der Waals surface area contributed by atoms with E-state index in [1.807, 2.05) is 54.9 Å². The lowest BCUT2D eigenvalue weighted by Crippen LogP contribution is -1.91. The van der Waals surface area contributed by atoms with Gasteiger partial charge in [-0.15, -0.1) is 0 Å². The summed E-state index contributed by atoms with van der Waals surface area (Å²) < 4.78 is 7.47. The molecule has 0 amide bonds. The summed E-state index contributed by atoms with van der Waals surface area (Å²) in [6.45, 7) is 2.97. The van der Waals surface area contributed by atoms with Gasteiger partial charge in [0.05, 0.1) is 17.4 Å². The molecule has 0 radical (unpaired) electrons. The fourth-order valence-electron chi connectivity index (χ4n) is 2.49. The highest BCUT2D eigenvalue weighted by atomic mass is 16.5. The third-order valence-electron chi connectivity index (χ3n) is 3.67. The Morgan fingerprint density at radius 1 is 1.05 bits per heavy atom. The van der Waals surface area contributed by atoms with Crippen LogP contribution in [0.1, 0.15) is 6.92 Å². The lowest BCUT2D eigenvalue weighted by molar-refractivity contribution is 0.432. The van der Waals surface area contributed by atoms with Crippen LogP contribution in [0.5, 0.6) is 0 Å². The van der Waals surface area contributed by atoms with Gasteiger partial charge >= 0.3 is 0 Å². The van der Waals surface area contributed by atoms with Gasteiger partial charge in [0.25, 0.3) is 5.89 Å². The van der Waals surface area contributed by atoms with Gasteiger partial charge < -0.3 is 9.09 Å². The summed E-state index contributed by atoms with van der Waals surface area (Å²) >= 11 is 0. The Morgan fingerprint density at radius 2 is 1.91 bits per heavy atom. The Balaban J connectivity index is 1.77. The molecule has 2 aromatic heterocycles. The van der Waals surface area contributed by atoms with E-state index >= 15 is 0 Å². The Hall–Kier alpha value is -2.95. The highest BCUT2D eigenvalue weighted by molar-refractivity contribution is 5.80. The summed E-state index contributed by atoms with van der Waals surface area (Å²) in [6.07, 6.45) is 1.85. The lowest BCUT2D eigenvalue weighted by atomic mass is 10.2. The van der Waals surface area contributed by atoms with Gasteiger partial charge in [-0.1, -0.05) is 23.4 Å². The molecular weight excluding hydrogens is 276 g/mol. The molecule has 5 heteroatoms. The van der Waals surface area contributed by atoms with Crippen LogP contribution in [0.2, 0.25) is 0 Å². The Labute approximate surface area is 127 Å². The molecule has 2 aromatic carbocycles. The molecule has 0 atom stereocenters. The van der Waals surface area contributed by atoms with Crippen LogP contribution in [-0.4, -0.2) is 19.7 Å². The van der Waals surface area contributed by atoms with Crippen molar-refractivity contribution in [1.29, 1.82) is 0 Å². The Morgan fingerprint density at radius 3 is 2.73 bits per heavy atom. The van der Waals surface area contributed by atoms with E-state index in [-0.39, 0.29) is 0 Å². The van der Waals surface area contributed by atoms with Gasteiger partial charge in [0, 0.05) is 17.7 Å². The van der Waals surface area contributed by atoms with Crippen molar-refractivity contribution in [2.75, 3.05) is 0 Å². The zero-order valence-electron chi connectivity index (χ0n) is 12.1. The van der Waals surface area contributed by atoms with Gasteiger partial charge in [-0.3, -0.25) is 0 Å². The molecule has 0 aliphatic carbocycles. The maximum Gasteiger partial charge on any atom is 0.258 e. The van der Waals surface area contributed by atoms with Crippen LogP contribution in [0.3, 0.4) is 0 Å². The molecular formula is C17H14N4O. The molecule has 0 saturated carbocycles. The van der Waals surface area contributed by atoms with Crippen LogP contribution in [0.15, 0.2) is 59.4 Å². The van der Waals surface area contributed by atoms with Crippen molar-refractivity contribution >= 4 is 11.0 Å². The SMILES string of the molecule is CCn1cnc2ccc(-c3noc(-c4ccccc4)n3)cc21. The van der Waals surface area contributed by atoms with Crippen LogP contribution in [0.4, 0.5) is 0 Å². The minimum absolute atomic E-state index is 0.527. The number of aromatic nitrogens is 4. The molecule has 0 bridgehead atoms. The van der Waals surface area contributed by atoms with Gasteiger partial charge in [0.1, 0.15) is 0 Å². The molecule has 22 heavy (non-hydrogen) atoms. The first-order valence-corrected chi connectivity index (χ1v) is 7.19. The van der Waals surface area contributed by atoms with Crippen LogP contribution >= 0.6 is 0 Å². The summed E-state index contributed by atoms with van der Waals surface area (Å²) in [4.78, 5) is 8.87. The van der Waals surface area contributed by atoms with Gasteiger partial charge in [-0.25, -0.2) is 4.98 Å². The van der Waals surface area contributed by atoms with E-state index in [1.165, 1.54) is 0 Å². The average molecular weight is 290 g/mol. The Bertz CT molecular complexity index is 924. The summed E-state index contributed by atoms with van der Waals surface area (Å²) in [5, 5.41) is 4.09. The second kappa shape index (κ2) is 5.11. The number of hydrogen-bond donors (Lipinski definition) is 0. The first-order valence-electron chi connectivity index (χ1n) is 7.19. The third kappa shape index (κ3) is 2.07. The zero-order chi connectivity index (χ0) is 14.9. The van der Waals surface area contributed by atoms with Crippen molar-refractivity contribution in [2.24, 2.45) is 0 Å². The Kier molecular flexibility index (Phi) is 2.96. The third-order valence-corrected chi connectivity index (χ3v) is 3.67. The number of benzene rings is 2. The fourth-order valence-corrected chi connectivity index (χ4v) is 2.49. The first-order chi connectivity index (χ1) is 10.8. The second-order valence-electron chi connectivity index (χ2n) is 5.02. The monoisotopic (exact) mass is 290 g/mol. The van der Waals surface area contributed by atoms with E-state index in [1.54, 1.807) is 0 Å². The van der Waals surface area contributed by atoms with Crippen LogP contribution in [0.25, 0.3) is 33.9 Å². The predicted molar refractivity (Wildman–Crippen MR) is 84.1 cm³/mol. The molecule has 0 fully saturated rings. The van der Waals surface area contributed by atoms with E-state index in [2.05, 4.69) is 26.6 Å². The summed E-state index contributed by atoms with van der Waals surface area (Å²) in [5.74, 6) is 1.12. The number of rotatable bonds is 3. The lowest BCUT2D eigenvalue weighted by Gasteiger charge is -2.00. The van der Waals surface area contributed by atoms with Crippen molar-refractivity contribution in [3.8, 4) is 22.8 Å². The quantitative estimate of drug-likeness (QED) is 0.576. The van der Waals surface area contributed by atoms with Crippen molar-refractivity contribution in [2.45, 2.75) is 13.5 Å². The van der Waals surface area contributed by atoms with E-state index in [4.69, 9.17) is 4.52 Å². The first kappa shape index (κ1) is 12.8. The van der Waals surface area contributed by atoms with Gasteiger partial charge in [0.2, 0.25) is 5.82 Å². The summed E-state index contributed by atoms with van der Waals surface area (Å²) in [6, 6.07) is 15.8. The van der Waals surface area contributed by atoms with Crippen molar-refractivity contribution in [3.05, 3.63) is 54.9 Å². The molecule has 0 aliphatic rings. The standard InChI is InChI=1S/C17H14N4O/c1-2-21-11-18-14-9-8-13(10-15(14)21)16-19-17(22-20-16)12-6-4-3-5-7-12/h3-11H,2H2,1H3. The van der Waals surface area contributed by atoms with E-state index < -0.39 is 0 Å². The normalized spacial score (nSPS) is 11.1. The second-order valence-corrected chi connectivity index (χ2v) is 5.02. The van der Waals surface area contributed by atoms with Crippen LogP contribution in [0, 0.1) is 0 Å². The van der Waals surface area contributed by atoms with Crippen molar-refractivity contribution < 1.29 is 4.52 Å². The van der Waals surface area contributed by atoms with Crippen LogP contribution in [-0.2, 0) is 6.54 Å². The number of hydrogen-bond acceptors (Lipinski definition) is 4. The highest BCUT2D eigenvalue weighted by Crippen LogP contribution is 2.24. The van der Waals surface area contributed by atoms with Crippen molar-refractivity contribution in [1.82, 2.24) is 19.7 Å². The molecule has 5 nitrogen and oxygen atoms in total. The number of nitrogens with zero attached hydrogens (tertiary/aromatic N) is 4. The van der Waals surface area contributed by atoms with E-state index in [0.717, 1.165) is 28.7 Å². The minimum atomic E-state index is 0.527. The molecule has 0 saturated heterocycles. The largest absolute Gasteiger partial charge is 0.334 e. The molecule has 0 unspecified atom stereocenters. The number of imidazole rings is 1. The van der Waals surface area contributed by atoms with Gasteiger partial charge in [0.15, 0.2) is 0 Å². The van der Waals surface area contributed by atoms with Crippen LogP contribution < -0.4 is 0 Å². The highest BCUT2D eigenvalue weighted by Gasteiger charge is 2.12. The van der Waals surface area contributed by atoms with Crippen molar-refractivity contribution in [3.63, 3.8) is 0 Å². The molecule has 0 aliphatic heterocycles. The molecule has 108 valence electrons. The summed E-state index contributed by atoms with van der Waals surface area (Å²) in [7, 11) is 0. The fraction of sp³-hybridized carbons (Fsp3) is 0.118. The molecule has 0 N–H and O–H groups in total. The van der Waals surface area contributed by atoms with Gasteiger partial charge in [-0.05, 0) is 37.3 Å². The maximum absolute atomic E-state index is 5.37. The topological polar surface area (TPSA) is 56.7 Å². The molecule has 2 heterocycles. The van der Waals surface area contributed by atoms with E-state index in [9.17, 15) is 0 Å². The number of fused-ring (bicyclic) bond motifs is 1. The molecule has 0 spiro atoms. The molecule has 4 rings (SSSR count). The number of aryl methyl sites for hydroxylation is 1. The predicted octanol–water partition coefficient (Wildman–Crippen LogP) is 3.77. The van der Waals surface area contributed by atoms with E-state index in [0.29, 0.717) is 11.7 Å².